The SMILES string of the molecule is CC=COC(=O)c1ccccc1C. The Morgan fingerprint density at radius 2 is 2.08 bits per heavy atom. The molecule has 0 saturated heterocycles. The minimum absolute atomic E-state index is 0.309. The number of carbonyl (C=O) groups excluding carboxylic acids is 1. The zero-order valence-electron chi connectivity index (χ0n) is 7.78. The molecule has 0 aliphatic carbocycles. The maximum absolute atomic E-state index is 11.4. The average molecular weight is 176 g/mol. The quantitative estimate of drug-likeness (QED) is 0.511. The van der Waals surface area contributed by atoms with Crippen LogP contribution >= 0.6 is 0 Å². The minimum Gasteiger partial charge on any atom is -0.431 e. The summed E-state index contributed by atoms with van der Waals surface area (Å²) in [6.07, 6.45) is 3.06. The van der Waals surface area contributed by atoms with E-state index in [0.29, 0.717) is 5.56 Å². The predicted octanol–water partition coefficient (Wildman–Crippen LogP) is 2.69. The molecule has 0 N–H and O–H groups in total. The molecular formula is C11H12O2. The van der Waals surface area contributed by atoms with Crippen LogP contribution in [0, 0.1) is 6.92 Å². The first-order chi connectivity index (χ1) is 6.25. The summed E-state index contributed by atoms with van der Waals surface area (Å²) in [5.74, 6) is -0.309. The Kier molecular flexibility index (Phi) is 3.26. The fourth-order valence-corrected chi connectivity index (χ4v) is 0.995. The van der Waals surface area contributed by atoms with E-state index < -0.39 is 0 Å². The molecule has 1 rings (SSSR count). The van der Waals surface area contributed by atoms with Gasteiger partial charge in [0, 0.05) is 0 Å². The van der Waals surface area contributed by atoms with Crippen molar-refractivity contribution in [2.24, 2.45) is 0 Å². The van der Waals surface area contributed by atoms with Crippen molar-refractivity contribution in [2.75, 3.05) is 0 Å². The van der Waals surface area contributed by atoms with Gasteiger partial charge in [-0.05, 0) is 25.5 Å². The number of rotatable bonds is 2. The summed E-state index contributed by atoms with van der Waals surface area (Å²) >= 11 is 0. The summed E-state index contributed by atoms with van der Waals surface area (Å²) in [5.41, 5.74) is 1.54. The maximum Gasteiger partial charge on any atom is 0.343 e. The van der Waals surface area contributed by atoms with Crippen molar-refractivity contribution >= 4 is 5.97 Å². The standard InChI is InChI=1S/C11H12O2/c1-3-8-13-11(12)10-7-5-4-6-9(10)2/h3-8H,1-2H3. The van der Waals surface area contributed by atoms with Crippen molar-refractivity contribution in [3.8, 4) is 0 Å². The zero-order chi connectivity index (χ0) is 9.68. The van der Waals surface area contributed by atoms with Gasteiger partial charge < -0.3 is 4.74 Å². The topological polar surface area (TPSA) is 26.3 Å². The Hall–Kier alpha value is -1.57. The fourth-order valence-electron chi connectivity index (χ4n) is 0.995. The Morgan fingerprint density at radius 1 is 1.38 bits per heavy atom. The summed E-state index contributed by atoms with van der Waals surface area (Å²) in [4.78, 5) is 11.4. The predicted molar refractivity (Wildman–Crippen MR) is 51.4 cm³/mol. The largest absolute Gasteiger partial charge is 0.431 e. The van der Waals surface area contributed by atoms with Gasteiger partial charge in [0.05, 0.1) is 11.8 Å². The van der Waals surface area contributed by atoms with Crippen LogP contribution in [0.15, 0.2) is 36.6 Å². The first-order valence-corrected chi connectivity index (χ1v) is 4.13. The number of hydrogen-bond acceptors (Lipinski definition) is 2. The van der Waals surface area contributed by atoms with Crippen molar-refractivity contribution in [1.82, 2.24) is 0 Å². The second kappa shape index (κ2) is 4.45. The molecule has 1 aromatic carbocycles. The lowest BCUT2D eigenvalue weighted by Gasteiger charge is -2.01. The molecule has 0 radical (unpaired) electrons. The molecule has 0 bridgehead atoms. The van der Waals surface area contributed by atoms with Gasteiger partial charge in [-0.25, -0.2) is 4.79 Å². The number of carbonyl (C=O) groups is 1. The van der Waals surface area contributed by atoms with Gasteiger partial charge in [0.2, 0.25) is 0 Å². The van der Waals surface area contributed by atoms with E-state index in [0.717, 1.165) is 5.56 Å². The second-order valence-corrected chi connectivity index (χ2v) is 2.69. The molecule has 68 valence electrons. The third-order valence-electron chi connectivity index (χ3n) is 1.68. The summed E-state index contributed by atoms with van der Waals surface area (Å²) in [7, 11) is 0. The van der Waals surface area contributed by atoms with Crippen LogP contribution in [-0.4, -0.2) is 5.97 Å². The Morgan fingerprint density at radius 3 is 2.69 bits per heavy atom. The maximum atomic E-state index is 11.4. The first kappa shape index (κ1) is 9.52. The molecular weight excluding hydrogens is 164 g/mol. The molecule has 0 aromatic heterocycles. The highest BCUT2D eigenvalue weighted by molar-refractivity contribution is 5.91. The number of hydrogen-bond donors (Lipinski definition) is 0. The van der Waals surface area contributed by atoms with E-state index >= 15 is 0 Å². The third-order valence-corrected chi connectivity index (χ3v) is 1.68. The van der Waals surface area contributed by atoms with Crippen LogP contribution in [0.3, 0.4) is 0 Å². The highest BCUT2D eigenvalue weighted by atomic mass is 16.5. The summed E-state index contributed by atoms with van der Waals surface area (Å²) in [6.45, 7) is 3.68. The first-order valence-electron chi connectivity index (χ1n) is 4.13. The van der Waals surface area contributed by atoms with Crippen LogP contribution in [-0.2, 0) is 4.74 Å². The zero-order valence-corrected chi connectivity index (χ0v) is 7.78. The van der Waals surface area contributed by atoms with Crippen molar-refractivity contribution in [1.29, 1.82) is 0 Å². The van der Waals surface area contributed by atoms with E-state index in [-0.39, 0.29) is 5.97 Å². The number of esters is 1. The Bertz CT molecular complexity index is 327. The summed E-state index contributed by atoms with van der Waals surface area (Å²) in [6, 6.07) is 7.34. The molecule has 0 heterocycles. The van der Waals surface area contributed by atoms with Crippen LogP contribution in [0.2, 0.25) is 0 Å². The van der Waals surface area contributed by atoms with Crippen LogP contribution < -0.4 is 0 Å². The average Bonchev–Trinajstić information content (AvgIpc) is 2.15. The lowest BCUT2D eigenvalue weighted by Crippen LogP contribution is -2.02. The van der Waals surface area contributed by atoms with Crippen molar-refractivity contribution in [2.45, 2.75) is 13.8 Å². The van der Waals surface area contributed by atoms with E-state index in [2.05, 4.69) is 0 Å². The van der Waals surface area contributed by atoms with Gasteiger partial charge in [-0.2, -0.15) is 0 Å². The normalized spacial score (nSPS) is 10.3. The fraction of sp³-hybridized carbons (Fsp3) is 0.182. The summed E-state index contributed by atoms with van der Waals surface area (Å²) < 4.78 is 4.84. The monoisotopic (exact) mass is 176 g/mol. The molecule has 1 aromatic rings. The Balaban J connectivity index is 2.83. The molecule has 2 nitrogen and oxygen atoms in total. The van der Waals surface area contributed by atoms with Crippen molar-refractivity contribution in [3.63, 3.8) is 0 Å². The third kappa shape index (κ3) is 2.44. The van der Waals surface area contributed by atoms with E-state index in [4.69, 9.17) is 4.74 Å². The van der Waals surface area contributed by atoms with Gasteiger partial charge in [-0.3, -0.25) is 0 Å². The molecule has 0 spiro atoms. The number of benzene rings is 1. The van der Waals surface area contributed by atoms with E-state index in [1.165, 1.54) is 6.26 Å². The van der Waals surface area contributed by atoms with Gasteiger partial charge >= 0.3 is 5.97 Å². The molecule has 0 aliphatic rings. The van der Waals surface area contributed by atoms with E-state index in [9.17, 15) is 4.79 Å². The van der Waals surface area contributed by atoms with Gasteiger partial charge in [-0.1, -0.05) is 24.3 Å². The van der Waals surface area contributed by atoms with Crippen LogP contribution in [0.1, 0.15) is 22.8 Å². The second-order valence-electron chi connectivity index (χ2n) is 2.69. The molecule has 13 heavy (non-hydrogen) atoms. The number of allylic oxidation sites excluding steroid dienone is 1. The summed E-state index contributed by atoms with van der Waals surface area (Å²) in [5, 5.41) is 0. The van der Waals surface area contributed by atoms with Gasteiger partial charge in [0.1, 0.15) is 0 Å². The molecule has 0 fully saturated rings. The van der Waals surface area contributed by atoms with E-state index in [1.807, 2.05) is 25.1 Å². The van der Waals surface area contributed by atoms with Crippen LogP contribution in [0.5, 0.6) is 0 Å². The highest BCUT2D eigenvalue weighted by Gasteiger charge is 2.07. The van der Waals surface area contributed by atoms with Crippen LogP contribution in [0.25, 0.3) is 0 Å². The molecule has 0 amide bonds. The number of ether oxygens (including phenoxy) is 1. The van der Waals surface area contributed by atoms with Crippen molar-refractivity contribution in [3.05, 3.63) is 47.7 Å². The Labute approximate surface area is 77.8 Å². The van der Waals surface area contributed by atoms with Gasteiger partial charge in [0.15, 0.2) is 0 Å². The lowest BCUT2D eigenvalue weighted by atomic mass is 10.1. The molecule has 0 aliphatic heterocycles. The van der Waals surface area contributed by atoms with Gasteiger partial charge in [-0.15, -0.1) is 0 Å². The minimum atomic E-state index is -0.309. The van der Waals surface area contributed by atoms with Crippen molar-refractivity contribution < 1.29 is 9.53 Å². The van der Waals surface area contributed by atoms with Gasteiger partial charge in [0.25, 0.3) is 0 Å². The molecule has 2 heteroatoms. The highest BCUT2D eigenvalue weighted by Crippen LogP contribution is 2.08. The van der Waals surface area contributed by atoms with Crippen LogP contribution in [0.4, 0.5) is 0 Å². The molecule has 0 saturated carbocycles. The number of aryl methyl sites for hydroxylation is 1. The van der Waals surface area contributed by atoms with E-state index in [1.54, 1.807) is 19.1 Å². The lowest BCUT2D eigenvalue weighted by molar-refractivity contribution is 0.0662. The molecule has 0 atom stereocenters. The smallest absolute Gasteiger partial charge is 0.343 e. The molecule has 0 unspecified atom stereocenters.